The molecule has 0 unspecified atom stereocenters. The standard InChI is InChI=1S/C19H18N4O3S2/c20-11-14-18(22-7-3-1-2-4-8-22)26-16(21-14)10-15-17(24)23(19(27)28-15)12-13-6-5-9-25-13/h5-6,9-10H,1-4,7-8,12H2. The molecule has 2 aromatic rings. The highest BCUT2D eigenvalue weighted by Crippen LogP contribution is 2.34. The molecular formula is C19H18N4O3S2. The van der Waals surface area contributed by atoms with Gasteiger partial charge in [-0.25, -0.2) is 0 Å². The van der Waals surface area contributed by atoms with Gasteiger partial charge in [0.05, 0.1) is 17.7 Å². The van der Waals surface area contributed by atoms with Crippen LogP contribution < -0.4 is 4.90 Å². The van der Waals surface area contributed by atoms with Crippen LogP contribution in [0.25, 0.3) is 6.08 Å². The lowest BCUT2D eigenvalue weighted by atomic mass is 10.2. The zero-order valence-corrected chi connectivity index (χ0v) is 16.7. The fourth-order valence-corrected chi connectivity index (χ4v) is 4.48. The summed E-state index contributed by atoms with van der Waals surface area (Å²) in [6, 6.07) is 5.66. The second-order valence-corrected chi connectivity index (χ2v) is 8.24. The highest BCUT2D eigenvalue weighted by molar-refractivity contribution is 8.26. The van der Waals surface area contributed by atoms with Crippen LogP contribution in [0.1, 0.15) is 43.0 Å². The number of thioether (sulfide) groups is 1. The minimum atomic E-state index is -0.223. The molecule has 9 heteroatoms. The van der Waals surface area contributed by atoms with Gasteiger partial charge in [0.15, 0.2) is 0 Å². The van der Waals surface area contributed by atoms with E-state index in [4.69, 9.17) is 21.1 Å². The van der Waals surface area contributed by atoms with Gasteiger partial charge in [-0.1, -0.05) is 36.8 Å². The lowest BCUT2D eigenvalue weighted by Gasteiger charge is -2.18. The average molecular weight is 415 g/mol. The second-order valence-electron chi connectivity index (χ2n) is 6.57. The lowest BCUT2D eigenvalue weighted by molar-refractivity contribution is -0.122. The molecule has 2 aliphatic heterocycles. The maximum absolute atomic E-state index is 12.7. The van der Waals surface area contributed by atoms with E-state index in [1.54, 1.807) is 24.5 Å². The Balaban J connectivity index is 1.56. The number of aromatic nitrogens is 1. The number of carbonyl (C=O) groups is 1. The van der Waals surface area contributed by atoms with Crippen LogP contribution >= 0.6 is 24.0 Å². The molecule has 0 bridgehead atoms. The van der Waals surface area contributed by atoms with Crippen LogP contribution in [0, 0.1) is 11.3 Å². The van der Waals surface area contributed by atoms with E-state index in [2.05, 4.69) is 16.0 Å². The summed E-state index contributed by atoms with van der Waals surface area (Å²) in [6.07, 6.45) is 7.60. The van der Waals surface area contributed by atoms with E-state index in [0.29, 0.717) is 20.9 Å². The summed E-state index contributed by atoms with van der Waals surface area (Å²) >= 11 is 6.52. The van der Waals surface area contributed by atoms with Crippen LogP contribution in [-0.2, 0) is 11.3 Å². The Morgan fingerprint density at radius 2 is 2.11 bits per heavy atom. The summed E-state index contributed by atoms with van der Waals surface area (Å²) in [5.41, 5.74) is 0.249. The topological polar surface area (TPSA) is 86.5 Å². The molecule has 0 radical (unpaired) electrons. The third kappa shape index (κ3) is 3.84. The average Bonchev–Trinajstić information content (AvgIpc) is 3.34. The smallest absolute Gasteiger partial charge is 0.266 e. The highest BCUT2D eigenvalue weighted by atomic mass is 32.2. The normalized spacial score (nSPS) is 19.3. The maximum atomic E-state index is 12.7. The molecule has 0 aromatic carbocycles. The molecule has 0 aliphatic carbocycles. The van der Waals surface area contributed by atoms with Crippen LogP contribution in [0.15, 0.2) is 32.1 Å². The van der Waals surface area contributed by atoms with Crippen molar-refractivity contribution in [1.82, 2.24) is 9.88 Å². The van der Waals surface area contributed by atoms with Gasteiger partial charge in [-0.3, -0.25) is 9.69 Å². The van der Waals surface area contributed by atoms with Crippen LogP contribution in [0.4, 0.5) is 5.88 Å². The van der Waals surface area contributed by atoms with Crippen molar-refractivity contribution in [3.63, 3.8) is 0 Å². The molecule has 4 rings (SSSR count). The first-order valence-electron chi connectivity index (χ1n) is 9.09. The van der Waals surface area contributed by atoms with Gasteiger partial charge in [-0.05, 0) is 25.0 Å². The Bertz CT molecular complexity index is 950. The quantitative estimate of drug-likeness (QED) is 0.550. The third-order valence-electron chi connectivity index (χ3n) is 4.65. The highest BCUT2D eigenvalue weighted by Gasteiger charge is 2.33. The molecule has 1 amide bonds. The van der Waals surface area contributed by atoms with Gasteiger partial charge >= 0.3 is 0 Å². The zero-order valence-electron chi connectivity index (χ0n) is 15.1. The number of hydrogen-bond donors (Lipinski definition) is 0. The number of carbonyl (C=O) groups excluding carboxylic acids is 1. The molecule has 2 saturated heterocycles. The minimum absolute atomic E-state index is 0.223. The van der Waals surface area contributed by atoms with Crippen molar-refractivity contribution in [2.24, 2.45) is 0 Å². The van der Waals surface area contributed by atoms with Crippen molar-refractivity contribution in [2.45, 2.75) is 32.2 Å². The molecule has 0 N–H and O–H groups in total. The fourth-order valence-electron chi connectivity index (χ4n) is 3.26. The van der Waals surface area contributed by atoms with Crippen LogP contribution in [-0.4, -0.2) is 33.2 Å². The molecule has 2 aliphatic rings. The van der Waals surface area contributed by atoms with E-state index >= 15 is 0 Å². The van der Waals surface area contributed by atoms with Gasteiger partial charge in [0.25, 0.3) is 5.91 Å². The molecule has 7 nitrogen and oxygen atoms in total. The lowest BCUT2D eigenvalue weighted by Crippen LogP contribution is -2.27. The van der Waals surface area contributed by atoms with Crippen molar-refractivity contribution in [1.29, 1.82) is 5.26 Å². The number of nitriles is 1. The summed E-state index contributed by atoms with van der Waals surface area (Å²) < 4.78 is 11.6. The Kier molecular flexibility index (Phi) is 5.50. The number of rotatable bonds is 4. The van der Waals surface area contributed by atoms with Gasteiger partial charge < -0.3 is 13.7 Å². The predicted octanol–water partition coefficient (Wildman–Crippen LogP) is 3.92. The Morgan fingerprint density at radius 1 is 1.32 bits per heavy atom. The van der Waals surface area contributed by atoms with Crippen molar-refractivity contribution in [3.8, 4) is 6.07 Å². The first kappa shape index (κ1) is 18.8. The molecule has 0 saturated carbocycles. The fraction of sp³-hybridized carbons (Fsp3) is 0.368. The Morgan fingerprint density at radius 3 is 2.79 bits per heavy atom. The van der Waals surface area contributed by atoms with E-state index in [9.17, 15) is 10.1 Å². The minimum Gasteiger partial charge on any atom is -0.467 e. The SMILES string of the molecule is N#Cc1nc(C=C2SC(=S)N(Cc3ccco3)C2=O)oc1N1CCCCCC1. The largest absolute Gasteiger partial charge is 0.467 e. The summed E-state index contributed by atoms with van der Waals surface area (Å²) in [6.45, 7) is 1.96. The van der Waals surface area contributed by atoms with Crippen molar-refractivity contribution in [3.05, 3.63) is 40.6 Å². The van der Waals surface area contributed by atoms with Gasteiger partial charge in [-0.15, -0.1) is 0 Å². The number of nitrogens with zero attached hydrogens (tertiary/aromatic N) is 4. The van der Waals surface area contributed by atoms with Crippen LogP contribution in [0.2, 0.25) is 0 Å². The van der Waals surface area contributed by atoms with E-state index in [0.717, 1.165) is 25.9 Å². The Hall–Kier alpha value is -2.57. The number of furan rings is 1. The van der Waals surface area contributed by atoms with Gasteiger partial charge in [0.1, 0.15) is 16.2 Å². The number of amides is 1. The first-order chi connectivity index (χ1) is 13.7. The van der Waals surface area contributed by atoms with Crippen LogP contribution in [0.5, 0.6) is 0 Å². The summed E-state index contributed by atoms with van der Waals surface area (Å²) in [4.78, 5) is 21.0. The van der Waals surface area contributed by atoms with Gasteiger partial charge in [0, 0.05) is 19.2 Å². The maximum Gasteiger partial charge on any atom is 0.266 e. The number of anilines is 1. The summed E-state index contributed by atoms with van der Waals surface area (Å²) in [5, 5.41) is 9.44. The summed E-state index contributed by atoms with van der Waals surface area (Å²) in [7, 11) is 0. The van der Waals surface area contributed by atoms with Crippen molar-refractivity contribution >= 4 is 46.2 Å². The van der Waals surface area contributed by atoms with Gasteiger partial charge in [0.2, 0.25) is 17.5 Å². The van der Waals surface area contributed by atoms with E-state index in [-0.39, 0.29) is 24.0 Å². The van der Waals surface area contributed by atoms with Crippen LogP contribution in [0.3, 0.4) is 0 Å². The number of oxazole rings is 1. The Labute approximate surface area is 172 Å². The van der Waals surface area contributed by atoms with E-state index < -0.39 is 0 Å². The molecule has 4 heterocycles. The monoisotopic (exact) mass is 414 g/mol. The van der Waals surface area contributed by atoms with E-state index in [1.165, 1.54) is 29.5 Å². The molecule has 0 spiro atoms. The summed E-state index contributed by atoms with van der Waals surface area (Å²) in [5.74, 6) is 1.17. The molecule has 28 heavy (non-hydrogen) atoms. The molecule has 2 fully saturated rings. The molecule has 144 valence electrons. The molecule has 2 aromatic heterocycles. The van der Waals surface area contributed by atoms with Gasteiger partial charge in [-0.2, -0.15) is 10.2 Å². The van der Waals surface area contributed by atoms with Crippen molar-refractivity contribution in [2.75, 3.05) is 18.0 Å². The third-order valence-corrected chi connectivity index (χ3v) is 6.02. The number of hydrogen-bond acceptors (Lipinski definition) is 8. The number of thiocarbonyl (C=S) groups is 1. The molecular weight excluding hydrogens is 396 g/mol. The molecule has 0 atom stereocenters. The second kappa shape index (κ2) is 8.20. The van der Waals surface area contributed by atoms with E-state index in [1.807, 2.05) is 0 Å². The van der Waals surface area contributed by atoms with Crippen molar-refractivity contribution < 1.29 is 13.6 Å². The first-order valence-corrected chi connectivity index (χ1v) is 10.3. The predicted molar refractivity (Wildman–Crippen MR) is 109 cm³/mol. The zero-order chi connectivity index (χ0) is 19.5.